The minimum Gasteiger partial charge on any atom is -0.486 e. The second kappa shape index (κ2) is 4.15. The lowest BCUT2D eigenvalue weighted by molar-refractivity contribution is 0.213. The monoisotopic (exact) mass is 215 g/mol. The Balaban J connectivity index is 2.11. The van der Waals surface area contributed by atoms with Gasteiger partial charge in [0.1, 0.15) is 6.10 Å². The fourth-order valence-corrected chi connectivity index (χ4v) is 1.65. The van der Waals surface area contributed by atoms with E-state index in [2.05, 4.69) is 5.32 Å². The van der Waals surface area contributed by atoms with Gasteiger partial charge in [-0.1, -0.05) is 17.7 Å². The number of benzene rings is 1. The zero-order valence-corrected chi connectivity index (χ0v) is 8.35. The lowest BCUT2D eigenvalue weighted by Gasteiger charge is -2.13. The highest BCUT2D eigenvalue weighted by Gasteiger charge is 2.18. The van der Waals surface area contributed by atoms with Crippen molar-refractivity contribution in [1.82, 2.24) is 5.32 Å². The predicted octanol–water partition coefficient (Wildman–Crippen LogP) is 2.22. The van der Waals surface area contributed by atoms with E-state index in [0.717, 1.165) is 19.5 Å². The molecule has 1 aliphatic heterocycles. The molecule has 1 N–H and O–H groups in total. The van der Waals surface area contributed by atoms with E-state index < -0.39 is 5.82 Å². The fourth-order valence-electron chi connectivity index (χ4n) is 1.48. The van der Waals surface area contributed by atoms with Gasteiger partial charge in [-0.15, -0.1) is 0 Å². The number of hydrogen-bond donors (Lipinski definition) is 1. The molecule has 1 aliphatic rings. The van der Waals surface area contributed by atoms with Crippen LogP contribution in [0.3, 0.4) is 0 Å². The molecule has 0 radical (unpaired) electrons. The molecule has 2 nitrogen and oxygen atoms in total. The van der Waals surface area contributed by atoms with E-state index in [4.69, 9.17) is 16.3 Å². The summed E-state index contributed by atoms with van der Waals surface area (Å²) in [6.45, 7) is 1.69. The predicted molar refractivity (Wildman–Crippen MR) is 53.3 cm³/mol. The molecule has 1 atom stereocenters. The van der Waals surface area contributed by atoms with E-state index >= 15 is 0 Å². The van der Waals surface area contributed by atoms with E-state index in [0.29, 0.717) is 0 Å². The average Bonchev–Trinajstić information content (AvgIpc) is 2.66. The molecule has 0 aliphatic carbocycles. The highest BCUT2D eigenvalue weighted by Crippen LogP contribution is 2.25. The van der Waals surface area contributed by atoms with Crippen molar-refractivity contribution < 1.29 is 9.13 Å². The van der Waals surface area contributed by atoms with Crippen LogP contribution in [0, 0.1) is 5.82 Å². The molecule has 76 valence electrons. The van der Waals surface area contributed by atoms with Crippen molar-refractivity contribution in [2.45, 2.75) is 12.5 Å². The third kappa shape index (κ3) is 1.99. The lowest BCUT2D eigenvalue weighted by Crippen LogP contribution is -2.20. The largest absolute Gasteiger partial charge is 0.486 e. The molecule has 2 rings (SSSR count). The molecule has 0 saturated carbocycles. The van der Waals surface area contributed by atoms with E-state index in [1.807, 2.05) is 0 Å². The smallest absolute Gasteiger partial charge is 0.183 e. The first-order valence-corrected chi connectivity index (χ1v) is 4.96. The molecular formula is C10H11ClFNO. The Morgan fingerprint density at radius 2 is 2.36 bits per heavy atom. The van der Waals surface area contributed by atoms with E-state index in [1.54, 1.807) is 12.1 Å². The molecule has 0 amide bonds. The molecule has 0 spiro atoms. The first-order chi connectivity index (χ1) is 6.77. The van der Waals surface area contributed by atoms with Crippen molar-refractivity contribution in [3.63, 3.8) is 0 Å². The molecule has 1 fully saturated rings. The first-order valence-electron chi connectivity index (χ1n) is 4.59. The van der Waals surface area contributed by atoms with Gasteiger partial charge in [-0.05, 0) is 25.1 Å². The van der Waals surface area contributed by atoms with Crippen LogP contribution in [0.2, 0.25) is 5.02 Å². The Labute approximate surface area is 87.0 Å². The minimum absolute atomic E-state index is 0.0583. The number of rotatable bonds is 2. The van der Waals surface area contributed by atoms with Gasteiger partial charge in [0.15, 0.2) is 11.6 Å². The standard InChI is InChI=1S/C10H11ClFNO/c11-8-2-1-3-9(10(8)12)14-7-4-5-13-6-7/h1-3,7,13H,4-6H2/t7-/m1/s1. The molecule has 4 heteroatoms. The van der Waals surface area contributed by atoms with E-state index in [1.165, 1.54) is 6.07 Å². The van der Waals surface area contributed by atoms with Crippen LogP contribution >= 0.6 is 11.6 Å². The molecule has 14 heavy (non-hydrogen) atoms. The fraction of sp³-hybridized carbons (Fsp3) is 0.400. The van der Waals surface area contributed by atoms with Crippen LogP contribution < -0.4 is 10.1 Å². The molecule has 1 saturated heterocycles. The van der Waals surface area contributed by atoms with Crippen molar-refractivity contribution in [2.24, 2.45) is 0 Å². The van der Waals surface area contributed by atoms with Crippen molar-refractivity contribution in [1.29, 1.82) is 0 Å². The zero-order chi connectivity index (χ0) is 9.97. The Morgan fingerprint density at radius 3 is 3.07 bits per heavy atom. The number of halogens is 2. The maximum absolute atomic E-state index is 13.4. The summed E-state index contributed by atoms with van der Waals surface area (Å²) in [5, 5.41) is 3.25. The molecule has 1 aromatic rings. The van der Waals surface area contributed by atoms with Gasteiger partial charge in [0.25, 0.3) is 0 Å². The summed E-state index contributed by atoms with van der Waals surface area (Å²) in [6, 6.07) is 4.79. The normalized spacial score (nSPS) is 21.1. The number of ether oxygens (including phenoxy) is 1. The van der Waals surface area contributed by atoms with Crippen LogP contribution in [0.15, 0.2) is 18.2 Å². The quantitative estimate of drug-likeness (QED) is 0.817. The van der Waals surface area contributed by atoms with Gasteiger partial charge in [0.05, 0.1) is 5.02 Å². The summed E-state index contributed by atoms with van der Waals surface area (Å²) >= 11 is 5.63. The SMILES string of the molecule is Fc1c(Cl)cccc1O[C@@H]1CCNC1. The Hall–Kier alpha value is -0.800. The molecular weight excluding hydrogens is 205 g/mol. The van der Waals surface area contributed by atoms with Crippen LogP contribution in [-0.2, 0) is 0 Å². The Kier molecular flexibility index (Phi) is 2.89. The van der Waals surface area contributed by atoms with Crippen molar-refractivity contribution in [3.05, 3.63) is 29.0 Å². The summed E-state index contributed by atoms with van der Waals surface area (Å²) in [4.78, 5) is 0. The van der Waals surface area contributed by atoms with Crippen LogP contribution in [0.5, 0.6) is 5.75 Å². The molecule has 0 aromatic heterocycles. The lowest BCUT2D eigenvalue weighted by atomic mass is 10.3. The maximum atomic E-state index is 13.4. The highest BCUT2D eigenvalue weighted by molar-refractivity contribution is 6.30. The molecule has 0 bridgehead atoms. The minimum atomic E-state index is -0.471. The molecule has 1 heterocycles. The van der Waals surface area contributed by atoms with Gasteiger partial charge >= 0.3 is 0 Å². The average molecular weight is 216 g/mol. The second-order valence-electron chi connectivity index (χ2n) is 3.28. The topological polar surface area (TPSA) is 21.3 Å². The summed E-state index contributed by atoms with van der Waals surface area (Å²) in [7, 11) is 0. The molecule has 1 aromatic carbocycles. The van der Waals surface area contributed by atoms with Crippen LogP contribution in [0.25, 0.3) is 0 Å². The number of nitrogens with one attached hydrogen (secondary N) is 1. The summed E-state index contributed by atoms with van der Waals surface area (Å²) < 4.78 is 18.8. The zero-order valence-electron chi connectivity index (χ0n) is 7.59. The van der Waals surface area contributed by atoms with Crippen LogP contribution in [-0.4, -0.2) is 19.2 Å². The third-order valence-corrected chi connectivity index (χ3v) is 2.52. The van der Waals surface area contributed by atoms with Crippen LogP contribution in [0.4, 0.5) is 4.39 Å². The van der Waals surface area contributed by atoms with E-state index in [9.17, 15) is 4.39 Å². The van der Waals surface area contributed by atoms with Crippen molar-refractivity contribution >= 4 is 11.6 Å². The van der Waals surface area contributed by atoms with Gasteiger partial charge in [0.2, 0.25) is 0 Å². The maximum Gasteiger partial charge on any atom is 0.183 e. The first kappa shape index (κ1) is 9.74. The summed E-state index contributed by atoms with van der Waals surface area (Å²) in [5.41, 5.74) is 0. The van der Waals surface area contributed by atoms with Gasteiger partial charge < -0.3 is 10.1 Å². The second-order valence-corrected chi connectivity index (χ2v) is 3.69. The summed E-state index contributed by atoms with van der Waals surface area (Å²) in [5.74, 6) is -0.229. The van der Waals surface area contributed by atoms with Crippen molar-refractivity contribution in [2.75, 3.05) is 13.1 Å². The van der Waals surface area contributed by atoms with Crippen molar-refractivity contribution in [3.8, 4) is 5.75 Å². The van der Waals surface area contributed by atoms with E-state index in [-0.39, 0.29) is 16.9 Å². The van der Waals surface area contributed by atoms with Gasteiger partial charge in [0, 0.05) is 6.54 Å². The Morgan fingerprint density at radius 1 is 1.50 bits per heavy atom. The molecule has 0 unspecified atom stereocenters. The van der Waals surface area contributed by atoms with Gasteiger partial charge in [-0.25, -0.2) is 4.39 Å². The highest BCUT2D eigenvalue weighted by atomic mass is 35.5. The Bertz CT molecular complexity index is 326. The summed E-state index contributed by atoms with van der Waals surface area (Å²) in [6.07, 6.45) is 0.967. The third-order valence-electron chi connectivity index (χ3n) is 2.22. The number of hydrogen-bond acceptors (Lipinski definition) is 2. The van der Waals surface area contributed by atoms with Gasteiger partial charge in [-0.3, -0.25) is 0 Å². The van der Waals surface area contributed by atoms with Gasteiger partial charge in [-0.2, -0.15) is 0 Å². The van der Waals surface area contributed by atoms with Crippen LogP contribution in [0.1, 0.15) is 6.42 Å².